The standard InChI is InChI=1S/C18H12I2/c19-14-11-9-13(10-12-14)15-5-1-2-6-16(15)17-7-3-4-8-18(17)20/h1-12H. The number of rotatable bonds is 2. The monoisotopic (exact) mass is 482 g/mol. The Hall–Kier alpha value is -0.880. The first-order chi connectivity index (χ1) is 9.75. The molecule has 0 amide bonds. The number of hydrogen-bond acceptors (Lipinski definition) is 0. The Morgan fingerprint density at radius 3 is 1.70 bits per heavy atom. The van der Waals surface area contributed by atoms with Gasteiger partial charge in [0.2, 0.25) is 0 Å². The Balaban J connectivity index is 2.19. The van der Waals surface area contributed by atoms with E-state index in [2.05, 4.69) is 118 Å². The van der Waals surface area contributed by atoms with Crippen molar-refractivity contribution >= 4 is 45.2 Å². The van der Waals surface area contributed by atoms with Gasteiger partial charge in [0.15, 0.2) is 0 Å². The molecule has 0 aliphatic rings. The van der Waals surface area contributed by atoms with E-state index in [0.717, 1.165) is 0 Å². The summed E-state index contributed by atoms with van der Waals surface area (Å²) in [5.41, 5.74) is 5.13. The number of benzene rings is 3. The van der Waals surface area contributed by atoms with Gasteiger partial charge in [-0.25, -0.2) is 0 Å². The summed E-state index contributed by atoms with van der Waals surface area (Å²) in [5, 5.41) is 0. The molecule has 0 fully saturated rings. The largest absolute Gasteiger partial charge is 0.0616 e. The van der Waals surface area contributed by atoms with Gasteiger partial charge in [0.1, 0.15) is 0 Å². The van der Waals surface area contributed by atoms with Gasteiger partial charge in [0.25, 0.3) is 0 Å². The predicted molar refractivity (Wildman–Crippen MR) is 103 cm³/mol. The second-order valence-electron chi connectivity index (χ2n) is 4.53. The fraction of sp³-hybridized carbons (Fsp3) is 0. The molecule has 0 unspecified atom stereocenters. The van der Waals surface area contributed by atoms with Gasteiger partial charge in [0.05, 0.1) is 0 Å². The molecule has 0 aliphatic heterocycles. The fourth-order valence-electron chi connectivity index (χ4n) is 2.28. The van der Waals surface area contributed by atoms with E-state index in [1.165, 1.54) is 29.4 Å². The van der Waals surface area contributed by atoms with Crippen LogP contribution in [0.5, 0.6) is 0 Å². The second kappa shape index (κ2) is 6.26. The lowest BCUT2D eigenvalue weighted by Crippen LogP contribution is -1.87. The van der Waals surface area contributed by atoms with Gasteiger partial charge in [-0.2, -0.15) is 0 Å². The van der Waals surface area contributed by atoms with Gasteiger partial charge >= 0.3 is 0 Å². The summed E-state index contributed by atoms with van der Waals surface area (Å²) in [6.07, 6.45) is 0. The summed E-state index contributed by atoms with van der Waals surface area (Å²) in [4.78, 5) is 0. The van der Waals surface area contributed by atoms with E-state index in [1.807, 2.05) is 0 Å². The van der Waals surface area contributed by atoms with Crippen LogP contribution in [0.4, 0.5) is 0 Å². The van der Waals surface area contributed by atoms with E-state index in [9.17, 15) is 0 Å². The van der Waals surface area contributed by atoms with Gasteiger partial charge in [-0.15, -0.1) is 0 Å². The first kappa shape index (κ1) is 14.1. The van der Waals surface area contributed by atoms with Crippen LogP contribution in [-0.2, 0) is 0 Å². The van der Waals surface area contributed by atoms with Crippen molar-refractivity contribution in [1.29, 1.82) is 0 Å². The summed E-state index contributed by atoms with van der Waals surface area (Å²) >= 11 is 4.74. The Morgan fingerprint density at radius 2 is 1.05 bits per heavy atom. The van der Waals surface area contributed by atoms with Gasteiger partial charge in [0, 0.05) is 7.14 Å². The summed E-state index contributed by atoms with van der Waals surface area (Å²) in [6, 6.07) is 25.8. The van der Waals surface area contributed by atoms with Crippen LogP contribution in [0.15, 0.2) is 72.8 Å². The molecular weight excluding hydrogens is 470 g/mol. The number of hydrogen-bond donors (Lipinski definition) is 0. The lowest BCUT2D eigenvalue weighted by Gasteiger charge is -2.11. The van der Waals surface area contributed by atoms with Crippen molar-refractivity contribution in [2.24, 2.45) is 0 Å². The van der Waals surface area contributed by atoms with Crippen LogP contribution in [0.25, 0.3) is 22.3 Å². The highest BCUT2D eigenvalue weighted by Gasteiger charge is 2.08. The molecule has 0 saturated carbocycles. The molecule has 20 heavy (non-hydrogen) atoms. The van der Waals surface area contributed by atoms with Crippen molar-refractivity contribution in [1.82, 2.24) is 0 Å². The molecule has 0 N–H and O–H groups in total. The molecule has 0 saturated heterocycles. The van der Waals surface area contributed by atoms with Crippen molar-refractivity contribution in [3.63, 3.8) is 0 Å². The zero-order valence-electron chi connectivity index (χ0n) is 10.7. The molecule has 0 aromatic heterocycles. The highest BCUT2D eigenvalue weighted by atomic mass is 127. The summed E-state index contributed by atoms with van der Waals surface area (Å²) in [6.45, 7) is 0. The smallest absolute Gasteiger partial charge is 0.0209 e. The Kier molecular flexibility index (Phi) is 4.41. The Morgan fingerprint density at radius 1 is 0.500 bits per heavy atom. The van der Waals surface area contributed by atoms with Crippen LogP contribution in [-0.4, -0.2) is 0 Å². The average molecular weight is 482 g/mol. The maximum Gasteiger partial charge on any atom is 0.0209 e. The lowest BCUT2D eigenvalue weighted by molar-refractivity contribution is 1.55. The molecule has 0 bridgehead atoms. The minimum absolute atomic E-state index is 1.26. The molecule has 3 aromatic carbocycles. The quantitative estimate of drug-likeness (QED) is 0.380. The maximum atomic E-state index is 2.40. The van der Waals surface area contributed by atoms with Gasteiger partial charge in [-0.05, 0) is 85.6 Å². The predicted octanol–water partition coefficient (Wildman–Crippen LogP) is 6.23. The molecule has 0 radical (unpaired) electrons. The maximum absolute atomic E-state index is 2.40. The molecule has 3 rings (SSSR count). The van der Waals surface area contributed by atoms with Crippen LogP contribution < -0.4 is 0 Å². The van der Waals surface area contributed by atoms with Crippen molar-refractivity contribution in [3.8, 4) is 22.3 Å². The molecule has 3 aromatic rings. The minimum Gasteiger partial charge on any atom is -0.0616 e. The van der Waals surface area contributed by atoms with E-state index in [0.29, 0.717) is 0 Å². The molecule has 0 aliphatic carbocycles. The zero-order valence-corrected chi connectivity index (χ0v) is 15.0. The van der Waals surface area contributed by atoms with Crippen LogP contribution in [0.3, 0.4) is 0 Å². The summed E-state index contributed by atoms with van der Waals surface area (Å²) < 4.78 is 2.54. The third-order valence-corrected chi connectivity index (χ3v) is 4.91. The van der Waals surface area contributed by atoms with Crippen LogP contribution in [0, 0.1) is 7.14 Å². The van der Waals surface area contributed by atoms with E-state index < -0.39 is 0 Å². The third kappa shape index (κ3) is 2.91. The fourth-order valence-corrected chi connectivity index (χ4v) is 3.32. The van der Waals surface area contributed by atoms with Gasteiger partial charge in [-0.1, -0.05) is 54.6 Å². The average Bonchev–Trinajstić information content (AvgIpc) is 2.49. The second-order valence-corrected chi connectivity index (χ2v) is 6.94. The molecule has 0 atom stereocenters. The van der Waals surface area contributed by atoms with E-state index in [4.69, 9.17) is 0 Å². The summed E-state index contributed by atoms with van der Waals surface area (Å²) in [7, 11) is 0. The summed E-state index contributed by atoms with van der Waals surface area (Å²) in [5.74, 6) is 0. The Bertz CT molecular complexity index is 730. The van der Waals surface area contributed by atoms with Gasteiger partial charge in [-0.3, -0.25) is 0 Å². The zero-order chi connectivity index (χ0) is 13.9. The molecule has 0 heterocycles. The lowest BCUT2D eigenvalue weighted by atomic mass is 9.95. The van der Waals surface area contributed by atoms with E-state index in [1.54, 1.807) is 0 Å². The van der Waals surface area contributed by atoms with Crippen LogP contribution in [0.2, 0.25) is 0 Å². The normalized spacial score (nSPS) is 10.5. The van der Waals surface area contributed by atoms with Crippen molar-refractivity contribution in [3.05, 3.63) is 79.9 Å². The van der Waals surface area contributed by atoms with Crippen molar-refractivity contribution in [2.45, 2.75) is 0 Å². The SMILES string of the molecule is Ic1ccc(-c2ccccc2-c2ccccc2I)cc1. The van der Waals surface area contributed by atoms with Crippen LogP contribution in [0.1, 0.15) is 0 Å². The molecular formula is C18H12I2. The molecule has 0 spiro atoms. The van der Waals surface area contributed by atoms with Crippen molar-refractivity contribution < 1.29 is 0 Å². The van der Waals surface area contributed by atoms with E-state index >= 15 is 0 Å². The molecule has 0 nitrogen and oxygen atoms in total. The highest BCUT2D eigenvalue weighted by molar-refractivity contribution is 14.1. The number of halogens is 2. The van der Waals surface area contributed by atoms with Gasteiger partial charge < -0.3 is 0 Å². The van der Waals surface area contributed by atoms with E-state index in [-0.39, 0.29) is 0 Å². The Labute approximate surface area is 146 Å². The molecule has 2 heteroatoms. The van der Waals surface area contributed by atoms with Crippen molar-refractivity contribution in [2.75, 3.05) is 0 Å². The topological polar surface area (TPSA) is 0 Å². The van der Waals surface area contributed by atoms with Crippen LogP contribution >= 0.6 is 45.2 Å². The minimum atomic E-state index is 1.26. The molecule has 98 valence electrons. The first-order valence-corrected chi connectivity index (χ1v) is 8.51. The highest BCUT2D eigenvalue weighted by Crippen LogP contribution is 2.34. The first-order valence-electron chi connectivity index (χ1n) is 6.35. The third-order valence-electron chi connectivity index (χ3n) is 3.25.